The molecule has 122 valence electrons. The number of hydrogen-bond donors (Lipinski definition) is 2. The van der Waals surface area contributed by atoms with E-state index in [-0.39, 0.29) is 24.0 Å². The molecule has 0 aromatic carbocycles. The summed E-state index contributed by atoms with van der Waals surface area (Å²) in [4.78, 5) is 5.86. The summed E-state index contributed by atoms with van der Waals surface area (Å²) in [7, 11) is 1.95. The second-order valence-electron chi connectivity index (χ2n) is 5.12. The Kier molecular flexibility index (Phi) is 7.80. The Hall–Kier alpha value is -1.16. The third-order valence-electron chi connectivity index (χ3n) is 3.00. The molecular formula is C14H23IN6S. The van der Waals surface area contributed by atoms with Crippen LogP contribution in [0.4, 0.5) is 0 Å². The third-order valence-corrected chi connectivity index (χ3v) is 3.87. The van der Waals surface area contributed by atoms with E-state index in [1.165, 1.54) is 4.88 Å². The van der Waals surface area contributed by atoms with Gasteiger partial charge in [0.2, 0.25) is 0 Å². The molecule has 8 heteroatoms. The summed E-state index contributed by atoms with van der Waals surface area (Å²) < 4.78 is 1.95. The number of halogens is 1. The van der Waals surface area contributed by atoms with Gasteiger partial charge in [0.1, 0.15) is 12.4 Å². The van der Waals surface area contributed by atoms with Gasteiger partial charge in [-0.15, -0.1) is 45.5 Å². The van der Waals surface area contributed by atoms with E-state index in [1.54, 1.807) is 11.3 Å². The van der Waals surface area contributed by atoms with Crippen molar-refractivity contribution in [1.82, 2.24) is 25.4 Å². The zero-order chi connectivity index (χ0) is 15.2. The van der Waals surface area contributed by atoms with E-state index in [1.807, 2.05) is 18.5 Å². The molecule has 0 aliphatic carbocycles. The van der Waals surface area contributed by atoms with Crippen molar-refractivity contribution in [1.29, 1.82) is 0 Å². The van der Waals surface area contributed by atoms with Crippen molar-refractivity contribution in [3.05, 3.63) is 34.0 Å². The fourth-order valence-corrected chi connectivity index (χ4v) is 2.39. The minimum absolute atomic E-state index is 0. The van der Waals surface area contributed by atoms with Gasteiger partial charge in [-0.2, -0.15) is 0 Å². The lowest BCUT2D eigenvalue weighted by Gasteiger charge is -2.14. The summed E-state index contributed by atoms with van der Waals surface area (Å²) >= 11 is 1.73. The number of hydrogen-bond acceptors (Lipinski definition) is 4. The van der Waals surface area contributed by atoms with E-state index in [0.29, 0.717) is 12.6 Å². The zero-order valence-electron chi connectivity index (χ0n) is 13.3. The molecule has 0 atom stereocenters. The van der Waals surface area contributed by atoms with Crippen molar-refractivity contribution in [2.45, 2.75) is 39.9 Å². The second-order valence-corrected chi connectivity index (χ2v) is 6.15. The van der Waals surface area contributed by atoms with Crippen molar-refractivity contribution >= 4 is 41.3 Å². The Morgan fingerprint density at radius 3 is 2.73 bits per heavy atom. The van der Waals surface area contributed by atoms with Crippen molar-refractivity contribution < 1.29 is 0 Å². The standard InChI is InChI=1S/C14H22N6S.HI/c1-10(2)17-14(15-8-12-6-5-7-21-12)16-9-13-19-18-11(3)20(13)4;/h5-7,10H,8-9H2,1-4H3,(H2,15,16,17);1H. The van der Waals surface area contributed by atoms with Gasteiger partial charge in [-0.05, 0) is 32.2 Å². The number of guanidine groups is 1. The minimum atomic E-state index is 0. The summed E-state index contributed by atoms with van der Waals surface area (Å²) in [6, 6.07) is 4.48. The Morgan fingerprint density at radius 2 is 2.18 bits per heavy atom. The summed E-state index contributed by atoms with van der Waals surface area (Å²) in [5.41, 5.74) is 0. The van der Waals surface area contributed by atoms with Crippen LogP contribution in [0.5, 0.6) is 0 Å². The largest absolute Gasteiger partial charge is 0.354 e. The molecule has 2 heterocycles. The van der Waals surface area contributed by atoms with E-state index in [9.17, 15) is 0 Å². The van der Waals surface area contributed by atoms with Crippen LogP contribution in [0.2, 0.25) is 0 Å². The number of thiophene rings is 1. The van der Waals surface area contributed by atoms with Crippen molar-refractivity contribution in [2.75, 3.05) is 0 Å². The lowest BCUT2D eigenvalue weighted by atomic mass is 10.4. The molecule has 2 aromatic rings. The van der Waals surface area contributed by atoms with Gasteiger partial charge >= 0.3 is 0 Å². The maximum atomic E-state index is 4.58. The summed E-state index contributed by atoms with van der Waals surface area (Å²) in [6.45, 7) is 7.39. The van der Waals surface area contributed by atoms with Crippen molar-refractivity contribution in [3.8, 4) is 0 Å². The van der Waals surface area contributed by atoms with Gasteiger partial charge in [-0.25, -0.2) is 4.99 Å². The number of aryl methyl sites for hydroxylation is 1. The minimum Gasteiger partial charge on any atom is -0.354 e. The first kappa shape index (κ1) is 18.9. The van der Waals surface area contributed by atoms with Gasteiger partial charge in [0, 0.05) is 18.0 Å². The monoisotopic (exact) mass is 434 g/mol. The van der Waals surface area contributed by atoms with E-state index in [0.717, 1.165) is 24.2 Å². The summed E-state index contributed by atoms with van der Waals surface area (Å²) in [6.07, 6.45) is 0. The molecule has 0 bridgehead atoms. The molecular weight excluding hydrogens is 411 g/mol. The Labute approximate surface area is 152 Å². The van der Waals surface area contributed by atoms with E-state index in [4.69, 9.17) is 0 Å². The van der Waals surface area contributed by atoms with Crippen LogP contribution in [-0.4, -0.2) is 26.8 Å². The molecule has 0 aliphatic rings. The number of aliphatic imine (C=N–C) groups is 1. The van der Waals surface area contributed by atoms with Gasteiger partial charge < -0.3 is 15.2 Å². The molecule has 2 rings (SSSR count). The van der Waals surface area contributed by atoms with E-state index >= 15 is 0 Å². The lowest BCUT2D eigenvalue weighted by molar-refractivity contribution is 0.690. The van der Waals surface area contributed by atoms with Gasteiger partial charge in [0.15, 0.2) is 11.8 Å². The van der Waals surface area contributed by atoms with Crippen LogP contribution < -0.4 is 10.6 Å². The van der Waals surface area contributed by atoms with Gasteiger partial charge in [0.25, 0.3) is 0 Å². The molecule has 0 spiro atoms. The molecule has 0 fully saturated rings. The molecule has 2 N–H and O–H groups in total. The highest BCUT2D eigenvalue weighted by Crippen LogP contribution is 2.07. The Balaban J connectivity index is 0.00000242. The number of aromatic nitrogens is 3. The second kappa shape index (κ2) is 9.09. The molecule has 0 unspecified atom stereocenters. The molecule has 0 radical (unpaired) electrons. The number of nitrogens with zero attached hydrogens (tertiary/aromatic N) is 4. The third kappa shape index (κ3) is 5.56. The molecule has 0 amide bonds. The quantitative estimate of drug-likeness (QED) is 0.431. The molecule has 0 aliphatic heterocycles. The highest BCUT2D eigenvalue weighted by atomic mass is 127. The van der Waals surface area contributed by atoms with Crippen LogP contribution in [0.25, 0.3) is 0 Å². The molecule has 0 saturated carbocycles. The van der Waals surface area contributed by atoms with Crippen LogP contribution in [0.1, 0.15) is 30.4 Å². The normalized spacial score (nSPS) is 11.4. The van der Waals surface area contributed by atoms with Crippen LogP contribution in [0, 0.1) is 6.92 Å². The van der Waals surface area contributed by atoms with Crippen LogP contribution in [-0.2, 0) is 20.1 Å². The summed E-state index contributed by atoms with van der Waals surface area (Å²) in [5.74, 6) is 2.54. The van der Waals surface area contributed by atoms with Gasteiger partial charge in [0.05, 0.1) is 6.54 Å². The Bertz CT molecular complexity index is 591. The fourth-order valence-electron chi connectivity index (χ4n) is 1.75. The van der Waals surface area contributed by atoms with Crippen molar-refractivity contribution in [3.63, 3.8) is 0 Å². The van der Waals surface area contributed by atoms with Crippen molar-refractivity contribution in [2.24, 2.45) is 12.0 Å². The first-order chi connectivity index (χ1) is 10.1. The van der Waals surface area contributed by atoms with Crippen LogP contribution in [0.3, 0.4) is 0 Å². The predicted octanol–water partition coefficient (Wildman–Crippen LogP) is 2.45. The predicted molar refractivity (Wildman–Crippen MR) is 102 cm³/mol. The summed E-state index contributed by atoms with van der Waals surface area (Å²) in [5, 5.41) is 16.9. The smallest absolute Gasteiger partial charge is 0.192 e. The van der Waals surface area contributed by atoms with E-state index < -0.39 is 0 Å². The highest BCUT2D eigenvalue weighted by Gasteiger charge is 2.06. The fraction of sp³-hybridized carbons (Fsp3) is 0.500. The molecule has 6 nitrogen and oxygen atoms in total. The maximum Gasteiger partial charge on any atom is 0.192 e. The first-order valence-corrected chi connectivity index (χ1v) is 7.86. The molecule has 0 saturated heterocycles. The first-order valence-electron chi connectivity index (χ1n) is 6.98. The van der Waals surface area contributed by atoms with Crippen LogP contribution in [0.15, 0.2) is 22.5 Å². The topological polar surface area (TPSA) is 67.1 Å². The number of nitrogens with one attached hydrogen (secondary N) is 2. The average molecular weight is 434 g/mol. The SMILES string of the molecule is Cc1nnc(CN=C(NCc2cccs2)NC(C)C)n1C.I. The molecule has 22 heavy (non-hydrogen) atoms. The lowest BCUT2D eigenvalue weighted by Crippen LogP contribution is -2.40. The van der Waals surface area contributed by atoms with Gasteiger partial charge in [-0.1, -0.05) is 6.07 Å². The van der Waals surface area contributed by atoms with E-state index in [2.05, 4.69) is 57.2 Å². The highest BCUT2D eigenvalue weighted by molar-refractivity contribution is 14.0. The van der Waals surface area contributed by atoms with Crippen LogP contribution >= 0.6 is 35.3 Å². The zero-order valence-corrected chi connectivity index (χ0v) is 16.5. The Morgan fingerprint density at radius 1 is 1.41 bits per heavy atom. The average Bonchev–Trinajstić information content (AvgIpc) is 3.05. The van der Waals surface area contributed by atoms with Gasteiger partial charge in [-0.3, -0.25) is 0 Å². The number of rotatable bonds is 5. The molecule has 2 aromatic heterocycles. The maximum absolute atomic E-state index is 4.58.